The van der Waals surface area contributed by atoms with E-state index >= 15 is 0 Å². The number of hydrogen-bond acceptors (Lipinski definition) is 3. The SMILES string of the molecule is C[C@@H](CCc1ccco1)NC(=O)c1ccc(C(N)=O)cc1. The second-order valence-corrected chi connectivity index (χ2v) is 4.93. The predicted octanol–water partition coefficient (Wildman–Crippen LogP) is 2.13. The van der Waals surface area contributed by atoms with Gasteiger partial charge in [-0.15, -0.1) is 0 Å². The van der Waals surface area contributed by atoms with E-state index in [0.717, 1.165) is 18.6 Å². The Morgan fingerprint density at radius 3 is 2.43 bits per heavy atom. The maximum atomic E-state index is 12.0. The van der Waals surface area contributed by atoms with E-state index in [1.807, 2.05) is 19.1 Å². The van der Waals surface area contributed by atoms with Crippen LogP contribution in [0, 0.1) is 0 Å². The number of carbonyl (C=O) groups is 2. The molecule has 0 unspecified atom stereocenters. The molecule has 0 aliphatic carbocycles. The first kappa shape index (κ1) is 14.8. The first-order valence-electron chi connectivity index (χ1n) is 6.79. The molecule has 0 aliphatic rings. The van der Waals surface area contributed by atoms with E-state index in [2.05, 4.69) is 5.32 Å². The Labute approximate surface area is 123 Å². The summed E-state index contributed by atoms with van der Waals surface area (Å²) in [6.07, 6.45) is 3.20. The van der Waals surface area contributed by atoms with Gasteiger partial charge in [0.05, 0.1) is 6.26 Å². The number of nitrogens with two attached hydrogens (primary N) is 1. The van der Waals surface area contributed by atoms with Crippen molar-refractivity contribution < 1.29 is 14.0 Å². The summed E-state index contributed by atoms with van der Waals surface area (Å²) in [6, 6.07) is 10.1. The largest absolute Gasteiger partial charge is 0.469 e. The standard InChI is InChI=1S/C16H18N2O3/c1-11(4-9-14-3-2-10-21-14)18-16(20)13-7-5-12(6-8-13)15(17)19/h2-3,5-8,10-11H,4,9H2,1H3,(H2,17,19)(H,18,20)/t11-/m0/s1. The zero-order chi connectivity index (χ0) is 15.2. The van der Waals surface area contributed by atoms with Gasteiger partial charge in [-0.25, -0.2) is 0 Å². The highest BCUT2D eigenvalue weighted by atomic mass is 16.3. The van der Waals surface area contributed by atoms with E-state index < -0.39 is 5.91 Å². The maximum absolute atomic E-state index is 12.0. The molecule has 2 aromatic rings. The van der Waals surface area contributed by atoms with Gasteiger partial charge in [-0.2, -0.15) is 0 Å². The molecule has 1 aromatic carbocycles. The lowest BCUT2D eigenvalue weighted by molar-refractivity contribution is 0.0936. The molecule has 2 rings (SSSR count). The molecule has 1 aromatic heterocycles. The number of hydrogen-bond donors (Lipinski definition) is 2. The highest BCUT2D eigenvalue weighted by Gasteiger charge is 2.11. The number of nitrogens with one attached hydrogen (secondary N) is 1. The average Bonchev–Trinajstić information content (AvgIpc) is 2.98. The third-order valence-corrected chi connectivity index (χ3v) is 3.21. The smallest absolute Gasteiger partial charge is 0.251 e. The van der Waals surface area contributed by atoms with E-state index in [1.54, 1.807) is 30.5 Å². The highest BCUT2D eigenvalue weighted by Crippen LogP contribution is 2.08. The monoisotopic (exact) mass is 286 g/mol. The minimum Gasteiger partial charge on any atom is -0.469 e. The fourth-order valence-corrected chi connectivity index (χ4v) is 1.98. The molecular weight excluding hydrogens is 268 g/mol. The zero-order valence-electron chi connectivity index (χ0n) is 11.8. The van der Waals surface area contributed by atoms with Crippen molar-refractivity contribution in [3.8, 4) is 0 Å². The van der Waals surface area contributed by atoms with Crippen LogP contribution in [0.15, 0.2) is 47.1 Å². The highest BCUT2D eigenvalue weighted by molar-refractivity contribution is 5.97. The van der Waals surface area contributed by atoms with Crippen molar-refractivity contribution in [1.29, 1.82) is 0 Å². The van der Waals surface area contributed by atoms with Gasteiger partial charge in [0.2, 0.25) is 5.91 Å². The summed E-state index contributed by atoms with van der Waals surface area (Å²) < 4.78 is 5.25. The van der Waals surface area contributed by atoms with Crippen LogP contribution in [0.1, 0.15) is 39.8 Å². The minimum absolute atomic E-state index is 0.0263. The van der Waals surface area contributed by atoms with Crippen molar-refractivity contribution in [3.63, 3.8) is 0 Å². The van der Waals surface area contributed by atoms with E-state index in [4.69, 9.17) is 10.2 Å². The lowest BCUT2D eigenvalue weighted by atomic mass is 10.1. The number of primary amides is 1. The number of amides is 2. The number of carbonyl (C=O) groups excluding carboxylic acids is 2. The lowest BCUT2D eigenvalue weighted by Gasteiger charge is -2.13. The van der Waals surface area contributed by atoms with Crippen LogP contribution in [0.5, 0.6) is 0 Å². The van der Waals surface area contributed by atoms with E-state index in [1.165, 1.54) is 0 Å². The molecule has 2 amide bonds. The van der Waals surface area contributed by atoms with Crippen molar-refractivity contribution in [2.24, 2.45) is 5.73 Å². The van der Waals surface area contributed by atoms with Gasteiger partial charge in [0.15, 0.2) is 0 Å². The van der Waals surface area contributed by atoms with Crippen LogP contribution in [0.3, 0.4) is 0 Å². The van der Waals surface area contributed by atoms with Crippen LogP contribution < -0.4 is 11.1 Å². The molecule has 5 nitrogen and oxygen atoms in total. The van der Waals surface area contributed by atoms with Crippen LogP contribution in [0.25, 0.3) is 0 Å². The van der Waals surface area contributed by atoms with E-state index in [-0.39, 0.29) is 11.9 Å². The van der Waals surface area contributed by atoms with Gasteiger partial charge in [-0.3, -0.25) is 9.59 Å². The Bertz CT molecular complexity index is 603. The van der Waals surface area contributed by atoms with E-state index in [9.17, 15) is 9.59 Å². The molecule has 110 valence electrons. The second kappa shape index (κ2) is 6.74. The van der Waals surface area contributed by atoms with Crippen molar-refractivity contribution in [2.75, 3.05) is 0 Å². The van der Waals surface area contributed by atoms with Crippen molar-refractivity contribution in [1.82, 2.24) is 5.32 Å². The van der Waals surface area contributed by atoms with Crippen LogP contribution in [-0.2, 0) is 6.42 Å². The van der Waals surface area contributed by atoms with Crippen molar-refractivity contribution in [3.05, 3.63) is 59.5 Å². The van der Waals surface area contributed by atoms with E-state index in [0.29, 0.717) is 11.1 Å². The molecule has 0 saturated heterocycles. The minimum atomic E-state index is -0.506. The molecule has 3 N–H and O–H groups in total. The molecule has 0 fully saturated rings. The topological polar surface area (TPSA) is 85.3 Å². The summed E-state index contributed by atoms with van der Waals surface area (Å²) in [6.45, 7) is 1.94. The maximum Gasteiger partial charge on any atom is 0.251 e. The van der Waals surface area contributed by atoms with Gasteiger partial charge in [0.25, 0.3) is 5.91 Å². The van der Waals surface area contributed by atoms with Crippen LogP contribution in [0.2, 0.25) is 0 Å². The fraction of sp³-hybridized carbons (Fsp3) is 0.250. The molecule has 0 radical (unpaired) electrons. The predicted molar refractivity (Wildman–Crippen MR) is 78.9 cm³/mol. The summed E-state index contributed by atoms with van der Waals surface area (Å²) in [5.74, 6) is 0.230. The zero-order valence-corrected chi connectivity index (χ0v) is 11.8. The average molecular weight is 286 g/mol. The summed E-state index contributed by atoms with van der Waals surface area (Å²) in [4.78, 5) is 23.0. The summed E-state index contributed by atoms with van der Waals surface area (Å²) in [5.41, 5.74) is 6.05. The van der Waals surface area contributed by atoms with Crippen molar-refractivity contribution in [2.45, 2.75) is 25.8 Å². The Balaban J connectivity index is 1.86. The van der Waals surface area contributed by atoms with Gasteiger partial charge in [0, 0.05) is 23.6 Å². The molecule has 21 heavy (non-hydrogen) atoms. The van der Waals surface area contributed by atoms with Crippen molar-refractivity contribution >= 4 is 11.8 Å². The van der Waals surface area contributed by atoms with Gasteiger partial charge in [0.1, 0.15) is 5.76 Å². The van der Waals surface area contributed by atoms with Crippen LogP contribution in [-0.4, -0.2) is 17.9 Å². The van der Waals surface area contributed by atoms with Gasteiger partial charge >= 0.3 is 0 Å². The number of benzene rings is 1. The summed E-state index contributed by atoms with van der Waals surface area (Å²) in [7, 11) is 0. The van der Waals surface area contributed by atoms with Gasteiger partial charge in [-0.05, 0) is 49.7 Å². The molecule has 1 atom stereocenters. The Morgan fingerprint density at radius 1 is 1.19 bits per heavy atom. The molecule has 0 saturated carbocycles. The third kappa shape index (κ3) is 4.21. The molecule has 5 heteroatoms. The fourth-order valence-electron chi connectivity index (χ4n) is 1.98. The van der Waals surface area contributed by atoms with Gasteiger partial charge in [-0.1, -0.05) is 0 Å². The van der Waals surface area contributed by atoms with Crippen LogP contribution in [0.4, 0.5) is 0 Å². The first-order chi connectivity index (χ1) is 10.1. The number of rotatable bonds is 6. The molecule has 0 bridgehead atoms. The quantitative estimate of drug-likeness (QED) is 0.853. The first-order valence-corrected chi connectivity index (χ1v) is 6.79. The Kier molecular flexibility index (Phi) is 4.77. The summed E-state index contributed by atoms with van der Waals surface area (Å²) >= 11 is 0. The molecule has 1 heterocycles. The normalized spacial score (nSPS) is 11.9. The Hall–Kier alpha value is -2.56. The van der Waals surface area contributed by atoms with Gasteiger partial charge < -0.3 is 15.5 Å². The van der Waals surface area contributed by atoms with Crippen LogP contribution >= 0.6 is 0 Å². The summed E-state index contributed by atoms with van der Waals surface area (Å²) in [5, 5.41) is 2.91. The molecular formula is C16H18N2O3. The molecule has 0 spiro atoms. The number of furan rings is 1. The number of aryl methyl sites for hydroxylation is 1. The Morgan fingerprint density at radius 2 is 1.86 bits per heavy atom. The third-order valence-electron chi connectivity index (χ3n) is 3.21. The lowest BCUT2D eigenvalue weighted by Crippen LogP contribution is -2.32. The second-order valence-electron chi connectivity index (χ2n) is 4.93. The molecule has 0 aliphatic heterocycles.